The van der Waals surface area contributed by atoms with E-state index in [9.17, 15) is 0 Å². The molecule has 0 aromatic heterocycles. The number of rotatable bonds is 2. The molecular weight excluding hydrogens is 182 g/mol. The maximum absolute atomic E-state index is 3.63. The molecule has 1 heterocycles. The van der Waals surface area contributed by atoms with E-state index in [-0.39, 0.29) is 0 Å². The van der Waals surface area contributed by atoms with Crippen molar-refractivity contribution in [2.24, 2.45) is 5.92 Å². The molecule has 15 heavy (non-hydrogen) atoms. The van der Waals surface area contributed by atoms with E-state index in [1.807, 2.05) is 0 Å². The molecule has 1 heteroatoms. The molecule has 2 atom stereocenters. The second-order valence-electron chi connectivity index (χ2n) is 4.81. The molecule has 0 bridgehead atoms. The molecule has 1 nitrogen and oxygen atoms in total. The van der Waals surface area contributed by atoms with Crippen LogP contribution in [0.3, 0.4) is 0 Å². The summed E-state index contributed by atoms with van der Waals surface area (Å²) in [4.78, 5) is 0. The fourth-order valence-electron chi connectivity index (χ4n) is 2.78. The van der Waals surface area contributed by atoms with Gasteiger partial charge in [-0.15, -0.1) is 0 Å². The number of hydrogen-bond donors (Lipinski definition) is 1. The van der Waals surface area contributed by atoms with Gasteiger partial charge in [-0.25, -0.2) is 0 Å². The van der Waals surface area contributed by atoms with Crippen molar-refractivity contribution in [3.05, 3.63) is 34.9 Å². The molecule has 0 amide bonds. The summed E-state index contributed by atoms with van der Waals surface area (Å²) in [6.07, 6.45) is 2.61. The van der Waals surface area contributed by atoms with Crippen molar-refractivity contribution in [1.29, 1.82) is 0 Å². The normalized spacial score (nSPS) is 25.8. The molecule has 0 spiro atoms. The lowest BCUT2D eigenvalue weighted by Crippen LogP contribution is -2.17. The molecule has 0 unspecified atom stereocenters. The Kier molecular flexibility index (Phi) is 3.11. The van der Waals surface area contributed by atoms with Crippen LogP contribution in [0, 0.1) is 19.8 Å². The first-order valence-electron chi connectivity index (χ1n) is 6.02. The molecule has 1 N–H and O–H groups in total. The highest BCUT2D eigenvalue weighted by Gasteiger charge is 2.26. The third-order valence-electron chi connectivity index (χ3n) is 3.48. The fourth-order valence-corrected chi connectivity index (χ4v) is 2.78. The van der Waals surface area contributed by atoms with Crippen LogP contribution >= 0.6 is 0 Å². The highest BCUT2D eigenvalue weighted by Crippen LogP contribution is 2.32. The smallest absolute Gasteiger partial charge is 0.0349 e. The van der Waals surface area contributed by atoms with Gasteiger partial charge in [0, 0.05) is 6.04 Å². The number of benzene rings is 1. The van der Waals surface area contributed by atoms with Gasteiger partial charge in [0.15, 0.2) is 0 Å². The maximum Gasteiger partial charge on any atom is 0.0349 e. The van der Waals surface area contributed by atoms with Gasteiger partial charge in [0.05, 0.1) is 0 Å². The molecule has 2 rings (SSSR count). The zero-order valence-electron chi connectivity index (χ0n) is 10.0. The van der Waals surface area contributed by atoms with E-state index in [1.165, 1.54) is 36.1 Å². The monoisotopic (exact) mass is 203 g/mol. The lowest BCUT2D eigenvalue weighted by atomic mass is 9.90. The van der Waals surface area contributed by atoms with Crippen LogP contribution in [0.15, 0.2) is 18.2 Å². The Hall–Kier alpha value is -0.820. The van der Waals surface area contributed by atoms with Crippen molar-refractivity contribution in [3.8, 4) is 0 Å². The summed E-state index contributed by atoms with van der Waals surface area (Å²) < 4.78 is 0. The average molecular weight is 203 g/mol. The van der Waals surface area contributed by atoms with E-state index in [0.717, 1.165) is 5.92 Å². The minimum absolute atomic E-state index is 0.591. The quantitative estimate of drug-likeness (QED) is 0.777. The van der Waals surface area contributed by atoms with E-state index in [0.29, 0.717) is 6.04 Å². The third kappa shape index (κ3) is 2.23. The minimum atomic E-state index is 0.591. The maximum atomic E-state index is 3.63. The standard InChI is InChI=1S/C14H21N/c1-4-12-5-6-15-14(12)13-8-10(2)7-11(3)9-13/h7-9,12,14-15H,4-6H2,1-3H3/t12-,14-/m1/s1. The van der Waals surface area contributed by atoms with Crippen molar-refractivity contribution in [3.63, 3.8) is 0 Å². The lowest BCUT2D eigenvalue weighted by Gasteiger charge is -2.19. The van der Waals surface area contributed by atoms with Gasteiger partial charge in [0.2, 0.25) is 0 Å². The van der Waals surface area contributed by atoms with Crippen LogP contribution in [-0.4, -0.2) is 6.54 Å². The second kappa shape index (κ2) is 4.36. The number of aryl methyl sites for hydroxylation is 2. The van der Waals surface area contributed by atoms with Gasteiger partial charge in [0.1, 0.15) is 0 Å². The van der Waals surface area contributed by atoms with Gasteiger partial charge in [-0.1, -0.05) is 42.7 Å². The van der Waals surface area contributed by atoms with E-state index in [1.54, 1.807) is 0 Å². The summed E-state index contributed by atoms with van der Waals surface area (Å²) in [6.45, 7) is 7.85. The summed E-state index contributed by atoms with van der Waals surface area (Å²) in [5.41, 5.74) is 4.25. The molecule has 1 saturated heterocycles. The lowest BCUT2D eigenvalue weighted by molar-refractivity contribution is 0.449. The Labute approximate surface area is 92.9 Å². The van der Waals surface area contributed by atoms with Crippen LogP contribution < -0.4 is 5.32 Å². The van der Waals surface area contributed by atoms with E-state index in [4.69, 9.17) is 0 Å². The highest BCUT2D eigenvalue weighted by atomic mass is 14.9. The molecule has 0 aliphatic carbocycles. The Bertz CT molecular complexity index is 323. The van der Waals surface area contributed by atoms with Crippen LogP contribution in [0.5, 0.6) is 0 Å². The van der Waals surface area contributed by atoms with Gasteiger partial charge in [-0.05, 0) is 38.3 Å². The second-order valence-corrected chi connectivity index (χ2v) is 4.81. The predicted molar refractivity (Wildman–Crippen MR) is 65.1 cm³/mol. The topological polar surface area (TPSA) is 12.0 Å². The first kappa shape index (κ1) is 10.7. The molecule has 82 valence electrons. The number of nitrogens with one attached hydrogen (secondary N) is 1. The largest absolute Gasteiger partial charge is 0.310 e. The fraction of sp³-hybridized carbons (Fsp3) is 0.571. The van der Waals surface area contributed by atoms with Gasteiger partial charge in [0.25, 0.3) is 0 Å². The van der Waals surface area contributed by atoms with Gasteiger partial charge in [-0.2, -0.15) is 0 Å². The molecule has 0 radical (unpaired) electrons. The average Bonchev–Trinajstić information content (AvgIpc) is 2.63. The summed E-state index contributed by atoms with van der Waals surface area (Å²) in [6, 6.07) is 7.50. The Balaban J connectivity index is 2.28. The Morgan fingerprint density at radius 2 is 1.87 bits per heavy atom. The first-order chi connectivity index (χ1) is 7.20. The predicted octanol–water partition coefficient (Wildman–Crippen LogP) is 3.36. The zero-order valence-corrected chi connectivity index (χ0v) is 10.0. The van der Waals surface area contributed by atoms with E-state index in [2.05, 4.69) is 44.3 Å². The van der Waals surface area contributed by atoms with Gasteiger partial charge >= 0.3 is 0 Å². The summed E-state index contributed by atoms with van der Waals surface area (Å²) in [5.74, 6) is 0.825. The van der Waals surface area contributed by atoms with Crippen LogP contribution in [0.2, 0.25) is 0 Å². The van der Waals surface area contributed by atoms with Crippen LogP contribution in [0.4, 0.5) is 0 Å². The van der Waals surface area contributed by atoms with E-state index >= 15 is 0 Å². The summed E-state index contributed by atoms with van der Waals surface area (Å²) in [7, 11) is 0. The van der Waals surface area contributed by atoms with Crippen molar-refractivity contribution < 1.29 is 0 Å². The van der Waals surface area contributed by atoms with Gasteiger partial charge in [-0.3, -0.25) is 0 Å². The van der Waals surface area contributed by atoms with Crippen molar-refractivity contribution in [2.45, 2.75) is 39.7 Å². The number of hydrogen-bond acceptors (Lipinski definition) is 1. The molecular formula is C14H21N. The molecule has 1 fully saturated rings. The summed E-state index contributed by atoms with van der Waals surface area (Å²) in [5, 5.41) is 3.63. The van der Waals surface area contributed by atoms with Crippen molar-refractivity contribution in [2.75, 3.05) is 6.54 Å². The summed E-state index contributed by atoms with van der Waals surface area (Å²) >= 11 is 0. The van der Waals surface area contributed by atoms with Crippen LogP contribution in [-0.2, 0) is 0 Å². The molecule has 1 aliphatic heterocycles. The SMILES string of the molecule is CC[C@@H]1CCN[C@H]1c1cc(C)cc(C)c1. The zero-order chi connectivity index (χ0) is 10.8. The Morgan fingerprint density at radius 1 is 1.20 bits per heavy atom. The van der Waals surface area contributed by atoms with Crippen LogP contribution in [0.1, 0.15) is 42.5 Å². The highest BCUT2D eigenvalue weighted by molar-refractivity contribution is 5.31. The third-order valence-corrected chi connectivity index (χ3v) is 3.48. The molecule has 1 aromatic carbocycles. The van der Waals surface area contributed by atoms with E-state index < -0.39 is 0 Å². The minimum Gasteiger partial charge on any atom is -0.310 e. The van der Waals surface area contributed by atoms with Crippen molar-refractivity contribution >= 4 is 0 Å². The van der Waals surface area contributed by atoms with Gasteiger partial charge < -0.3 is 5.32 Å². The van der Waals surface area contributed by atoms with Crippen molar-refractivity contribution in [1.82, 2.24) is 5.32 Å². The van der Waals surface area contributed by atoms with Crippen LogP contribution in [0.25, 0.3) is 0 Å². The molecule has 1 aromatic rings. The molecule has 1 aliphatic rings. The Morgan fingerprint density at radius 3 is 2.47 bits per heavy atom. The molecule has 0 saturated carbocycles. The first-order valence-corrected chi connectivity index (χ1v) is 6.02.